The summed E-state index contributed by atoms with van der Waals surface area (Å²) in [5.74, 6) is -1.76. The number of nitrogens with one attached hydrogen (secondary N) is 1. The lowest BCUT2D eigenvalue weighted by molar-refractivity contribution is -0.141. The summed E-state index contributed by atoms with van der Waals surface area (Å²) in [5.41, 5.74) is 0.308. The van der Waals surface area contributed by atoms with Crippen LogP contribution in [0.15, 0.2) is 30.3 Å². The van der Waals surface area contributed by atoms with Gasteiger partial charge in [0.2, 0.25) is 5.91 Å². The zero-order valence-corrected chi connectivity index (χ0v) is 9.88. The molecule has 0 unspecified atom stereocenters. The van der Waals surface area contributed by atoms with Gasteiger partial charge in [0.05, 0.1) is 5.56 Å². The second-order valence-electron chi connectivity index (χ2n) is 4.30. The number of esters is 2. The van der Waals surface area contributed by atoms with Crippen molar-refractivity contribution in [2.45, 2.75) is 19.4 Å². The molecule has 1 aliphatic heterocycles. The van der Waals surface area contributed by atoms with Gasteiger partial charge in [0.25, 0.3) is 0 Å². The summed E-state index contributed by atoms with van der Waals surface area (Å²) >= 11 is 0. The number of carbonyl (C=O) groups excluding carboxylic acids is 3. The van der Waals surface area contributed by atoms with E-state index in [9.17, 15) is 14.4 Å². The van der Waals surface area contributed by atoms with E-state index in [1.54, 1.807) is 37.3 Å². The molecule has 2 atom stereocenters. The molecule has 0 aliphatic carbocycles. The Morgan fingerprint density at radius 2 is 1.94 bits per heavy atom. The highest BCUT2D eigenvalue weighted by molar-refractivity contribution is 5.99. The predicted octanol–water partition coefficient (Wildman–Crippen LogP) is 0.895. The molecule has 5 nitrogen and oxygen atoms in total. The fourth-order valence-electron chi connectivity index (χ4n) is 1.86. The van der Waals surface area contributed by atoms with Crippen LogP contribution < -0.4 is 5.32 Å². The third-order valence-electron chi connectivity index (χ3n) is 2.85. The maximum atomic E-state index is 11.7. The van der Waals surface area contributed by atoms with Crippen LogP contribution >= 0.6 is 0 Å². The van der Waals surface area contributed by atoms with E-state index in [2.05, 4.69) is 5.32 Å². The van der Waals surface area contributed by atoms with E-state index in [4.69, 9.17) is 4.74 Å². The van der Waals surface area contributed by atoms with Gasteiger partial charge in [0.1, 0.15) is 6.04 Å². The van der Waals surface area contributed by atoms with Crippen molar-refractivity contribution in [1.82, 2.24) is 5.32 Å². The van der Waals surface area contributed by atoms with E-state index < -0.39 is 18.0 Å². The number of hydrogen-bond donors (Lipinski definition) is 1. The van der Waals surface area contributed by atoms with Crippen LogP contribution in [0, 0.1) is 5.92 Å². The summed E-state index contributed by atoms with van der Waals surface area (Å²) in [6, 6.07) is 7.52. The highest BCUT2D eigenvalue weighted by Gasteiger charge is 2.36. The number of carbonyl (C=O) groups is 3. The van der Waals surface area contributed by atoms with Crippen molar-refractivity contribution < 1.29 is 19.1 Å². The quantitative estimate of drug-likeness (QED) is 0.622. The first-order valence-electron chi connectivity index (χ1n) is 5.68. The van der Waals surface area contributed by atoms with E-state index in [0.717, 1.165) is 0 Å². The lowest BCUT2D eigenvalue weighted by Gasteiger charge is -2.12. The first-order valence-corrected chi connectivity index (χ1v) is 5.68. The van der Waals surface area contributed by atoms with Crippen LogP contribution in [0.5, 0.6) is 0 Å². The van der Waals surface area contributed by atoms with Crippen LogP contribution in [-0.2, 0) is 14.3 Å². The van der Waals surface area contributed by atoms with E-state index in [1.165, 1.54) is 0 Å². The van der Waals surface area contributed by atoms with Gasteiger partial charge in [-0.2, -0.15) is 0 Å². The van der Waals surface area contributed by atoms with Gasteiger partial charge < -0.3 is 10.1 Å². The van der Waals surface area contributed by atoms with Crippen LogP contribution in [0.4, 0.5) is 0 Å². The second-order valence-corrected chi connectivity index (χ2v) is 4.30. The monoisotopic (exact) mass is 247 g/mol. The Bertz CT molecular complexity index is 483. The molecule has 0 bridgehead atoms. The average Bonchev–Trinajstić information content (AvgIpc) is 2.69. The molecule has 1 aliphatic rings. The Balaban J connectivity index is 2.00. The molecule has 1 amide bonds. The van der Waals surface area contributed by atoms with E-state index in [0.29, 0.717) is 5.56 Å². The summed E-state index contributed by atoms with van der Waals surface area (Å²) in [7, 11) is 0. The molecule has 1 N–H and O–H groups in total. The zero-order chi connectivity index (χ0) is 13.1. The first kappa shape index (κ1) is 12.3. The molecule has 1 aromatic carbocycles. The predicted molar refractivity (Wildman–Crippen MR) is 62.6 cm³/mol. The third-order valence-corrected chi connectivity index (χ3v) is 2.85. The highest BCUT2D eigenvalue weighted by Crippen LogP contribution is 2.17. The normalized spacial score (nSPS) is 22.4. The molecular formula is C13H13NO4. The molecule has 2 rings (SSSR count). The fraction of sp³-hybridized carbons (Fsp3) is 0.308. The highest BCUT2D eigenvalue weighted by atomic mass is 16.6. The molecule has 1 fully saturated rings. The Kier molecular flexibility index (Phi) is 3.41. The maximum absolute atomic E-state index is 11.7. The van der Waals surface area contributed by atoms with Gasteiger partial charge in [0, 0.05) is 6.42 Å². The Hall–Kier alpha value is -2.17. The molecule has 0 aromatic heterocycles. The molecule has 1 heterocycles. The molecule has 1 saturated heterocycles. The summed E-state index contributed by atoms with van der Waals surface area (Å²) < 4.78 is 4.75. The number of rotatable bonds is 2. The minimum atomic E-state index is -0.731. The van der Waals surface area contributed by atoms with Crippen LogP contribution in [0.25, 0.3) is 0 Å². The van der Waals surface area contributed by atoms with Crippen LogP contribution in [0.1, 0.15) is 23.7 Å². The lowest BCUT2D eigenvalue weighted by Crippen LogP contribution is -2.38. The smallest absolute Gasteiger partial charge is 0.345 e. The van der Waals surface area contributed by atoms with Gasteiger partial charge >= 0.3 is 11.9 Å². The molecular weight excluding hydrogens is 234 g/mol. The largest absolute Gasteiger partial charge is 0.388 e. The lowest BCUT2D eigenvalue weighted by atomic mass is 10.0. The van der Waals surface area contributed by atoms with Gasteiger partial charge in [-0.25, -0.2) is 9.59 Å². The fourth-order valence-corrected chi connectivity index (χ4v) is 1.86. The molecule has 94 valence electrons. The summed E-state index contributed by atoms with van der Waals surface area (Å²) in [4.78, 5) is 34.5. The van der Waals surface area contributed by atoms with Gasteiger partial charge in [-0.1, -0.05) is 25.1 Å². The van der Waals surface area contributed by atoms with Gasteiger partial charge in [-0.15, -0.1) is 0 Å². The standard InChI is InChI=1S/C13H13NO4/c1-8-7-10(15)14-11(8)13(17)18-12(16)9-5-3-2-4-6-9/h2-6,8,11H,7H2,1H3,(H,14,15)/t8-,11-/m0/s1. The Labute approximate surface area is 104 Å². The first-order chi connectivity index (χ1) is 8.58. The van der Waals surface area contributed by atoms with Gasteiger partial charge in [-0.05, 0) is 18.1 Å². The second kappa shape index (κ2) is 5.00. The summed E-state index contributed by atoms with van der Waals surface area (Å²) in [6.07, 6.45) is 0.277. The molecule has 0 radical (unpaired) electrons. The maximum Gasteiger partial charge on any atom is 0.345 e. The van der Waals surface area contributed by atoms with E-state index in [1.807, 2.05) is 0 Å². The summed E-state index contributed by atoms with van der Waals surface area (Å²) in [6.45, 7) is 1.76. The Morgan fingerprint density at radius 1 is 1.28 bits per heavy atom. The van der Waals surface area contributed by atoms with Crippen molar-refractivity contribution in [3.8, 4) is 0 Å². The van der Waals surface area contributed by atoms with E-state index >= 15 is 0 Å². The van der Waals surface area contributed by atoms with Crippen LogP contribution in [-0.4, -0.2) is 23.9 Å². The number of benzene rings is 1. The SMILES string of the molecule is C[C@H]1CC(=O)N[C@@H]1C(=O)OC(=O)c1ccccc1. The molecule has 0 saturated carbocycles. The minimum absolute atomic E-state index is 0.159. The third kappa shape index (κ3) is 2.56. The van der Waals surface area contributed by atoms with Crippen molar-refractivity contribution in [2.24, 2.45) is 5.92 Å². The minimum Gasteiger partial charge on any atom is -0.388 e. The van der Waals surface area contributed by atoms with Crippen LogP contribution in [0.3, 0.4) is 0 Å². The molecule has 5 heteroatoms. The number of hydrogen-bond acceptors (Lipinski definition) is 4. The van der Waals surface area contributed by atoms with Crippen molar-refractivity contribution >= 4 is 17.8 Å². The topological polar surface area (TPSA) is 72.5 Å². The van der Waals surface area contributed by atoms with E-state index in [-0.39, 0.29) is 18.2 Å². The van der Waals surface area contributed by atoms with Crippen molar-refractivity contribution in [1.29, 1.82) is 0 Å². The average molecular weight is 247 g/mol. The number of ether oxygens (including phenoxy) is 1. The Morgan fingerprint density at radius 3 is 2.50 bits per heavy atom. The van der Waals surface area contributed by atoms with Crippen molar-refractivity contribution in [2.75, 3.05) is 0 Å². The summed E-state index contributed by atoms with van der Waals surface area (Å²) in [5, 5.41) is 2.49. The van der Waals surface area contributed by atoms with Gasteiger partial charge in [0.15, 0.2) is 0 Å². The van der Waals surface area contributed by atoms with Gasteiger partial charge in [-0.3, -0.25) is 4.79 Å². The number of amides is 1. The van der Waals surface area contributed by atoms with Crippen molar-refractivity contribution in [3.05, 3.63) is 35.9 Å². The molecule has 0 spiro atoms. The zero-order valence-electron chi connectivity index (χ0n) is 9.88. The molecule has 18 heavy (non-hydrogen) atoms. The van der Waals surface area contributed by atoms with Crippen LogP contribution in [0.2, 0.25) is 0 Å². The molecule has 1 aromatic rings. The van der Waals surface area contributed by atoms with Crippen molar-refractivity contribution in [3.63, 3.8) is 0 Å².